The molecule has 1 amide bonds. The molecule has 0 aliphatic heterocycles. The second kappa shape index (κ2) is 9.47. The Bertz CT molecular complexity index is 1270. The Morgan fingerprint density at radius 3 is 2.50 bits per heavy atom. The second-order valence-corrected chi connectivity index (χ2v) is 7.64. The predicted molar refractivity (Wildman–Crippen MR) is 122 cm³/mol. The number of benzene rings is 2. The summed E-state index contributed by atoms with van der Waals surface area (Å²) in [6, 6.07) is 15.4. The molecule has 0 aliphatic rings. The van der Waals surface area contributed by atoms with Crippen LogP contribution in [-0.2, 0) is 24.3 Å². The first-order valence-electron chi connectivity index (χ1n) is 10.4. The number of aromatic nitrogens is 4. The van der Waals surface area contributed by atoms with E-state index in [1.165, 1.54) is 11.8 Å². The number of ether oxygens (including phenoxy) is 1. The number of rotatable bonds is 8. The van der Waals surface area contributed by atoms with Gasteiger partial charge >= 0.3 is 0 Å². The summed E-state index contributed by atoms with van der Waals surface area (Å²) in [5, 5.41) is 7.64. The average Bonchev–Trinajstić information content (AvgIpc) is 3.21. The topological polar surface area (TPSA) is 91.0 Å². The summed E-state index contributed by atoms with van der Waals surface area (Å²) in [7, 11) is 1.61. The molecule has 0 bridgehead atoms. The molecular formula is C24H25N5O3. The fraction of sp³-hybridized carbons (Fsp3) is 0.250. The lowest BCUT2D eigenvalue weighted by atomic mass is 10.1. The van der Waals surface area contributed by atoms with Crippen molar-refractivity contribution in [2.45, 2.75) is 26.4 Å². The van der Waals surface area contributed by atoms with Gasteiger partial charge in [0.05, 0.1) is 32.8 Å². The highest BCUT2D eigenvalue weighted by Gasteiger charge is 2.11. The summed E-state index contributed by atoms with van der Waals surface area (Å²) >= 11 is 0. The minimum atomic E-state index is -0.134. The first-order valence-corrected chi connectivity index (χ1v) is 10.4. The molecule has 2 aromatic heterocycles. The minimum absolute atomic E-state index is 0.0833. The van der Waals surface area contributed by atoms with E-state index in [2.05, 4.69) is 15.4 Å². The summed E-state index contributed by atoms with van der Waals surface area (Å²) in [4.78, 5) is 29.5. The number of amides is 1. The van der Waals surface area contributed by atoms with Crippen LogP contribution in [0.15, 0.2) is 65.8 Å². The number of hydrogen-bond acceptors (Lipinski definition) is 5. The number of methoxy groups -OCH3 is 1. The van der Waals surface area contributed by atoms with Gasteiger partial charge in [-0.3, -0.25) is 14.2 Å². The highest BCUT2D eigenvalue weighted by molar-refractivity contribution is 5.78. The Kier molecular flexibility index (Phi) is 6.30. The number of nitrogens with zero attached hydrogens (tertiary/aromatic N) is 4. The van der Waals surface area contributed by atoms with E-state index in [9.17, 15) is 9.59 Å². The maximum absolute atomic E-state index is 12.8. The normalized spacial score (nSPS) is 10.9. The number of aryl methyl sites for hydroxylation is 1. The van der Waals surface area contributed by atoms with Crippen molar-refractivity contribution in [3.05, 3.63) is 88.1 Å². The maximum atomic E-state index is 12.8. The molecule has 8 nitrogen and oxygen atoms in total. The molecular weight excluding hydrogens is 406 g/mol. The van der Waals surface area contributed by atoms with E-state index >= 15 is 0 Å². The number of carbonyl (C=O) groups excluding carboxylic acids is 1. The van der Waals surface area contributed by atoms with Crippen molar-refractivity contribution >= 4 is 16.9 Å². The van der Waals surface area contributed by atoms with Crippen LogP contribution in [0.4, 0.5) is 0 Å². The average molecular weight is 431 g/mol. The molecule has 0 saturated carbocycles. The van der Waals surface area contributed by atoms with Crippen molar-refractivity contribution in [1.29, 1.82) is 0 Å². The first-order chi connectivity index (χ1) is 15.5. The van der Waals surface area contributed by atoms with Crippen LogP contribution < -0.4 is 15.6 Å². The lowest BCUT2D eigenvalue weighted by Gasteiger charge is -2.08. The molecule has 0 spiro atoms. The SMILES string of the molecule is COc1ccc(CC(=O)NCCn2ncc3c(=O)n(Cc4ccc(C)cc4)cnc32)cc1. The van der Waals surface area contributed by atoms with Crippen LogP contribution in [-0.4, -0.2) is 38.9 Å². The van der Waals surface area contributed by atoms with E-state index in [0.29, 0.717) is 30.7 Å². The number of hydrogen-bond donors (Lipinski definition) is 1. The van der Waals surface area contributed by atoms with Crippen LogP contribution in [0, 0.1) is 6.92 Å². The Hall–Kier alpha value is -3.94. The molecule has 4 aromatic rings. The second-order valence-electron chi connectivity index (χ2n) is 7.64. The standard InChI is InChI=1S/C24H25N5O3/c1-17-3-5-19(6-4-17)15-28-16-26-23-21(24(28)31)14-27-29(23)12-11-25-22(30)13-18-7-9-20(32-2)10-8-18/h3-10,14,16H,11-13,15H2,1-2H3,(H,25,30). The van der Waals surface area contributed by atoms with Gasteiger partial charge in [0.2, 0.25) is 5.91 Å². The summed E-state index contributed by atoms with van der Waals surface area (Å²) in [5.74, 6) is 0.671. The van der Waals surface area contributed by atoms with E-state index in [4.69, 9.17) is 4.74 Å². The molecule has 8 heteroatoms. The predicted octanol–water partition coefficient (Wildman–Crippen LogP) is 2.32. The molecule has 32 heavy (non-hydrogen) atoms. The Morgan fingerprint density at radius 1 is 1.06 bits per heavy atom. The lowest BCUT2D eigenvalue weighted by molar-refractivity contribution is -0.120. The van der Waals surface area contributed by atoms with Gasteiger partial charge in [0, 0.05) is 6.54 Å². The fourth-order valence-corrected chi connectivity index (χ4v) is 3.46. The zero-order valence-corrected chi connectivity index (χ0v) is 18.1. The van der Waals surface area contributed by atoms with E-state index in [0.717, 1.165) is 16.9 Å². The third-order valence-electron chi connectivity index (χ3n) is 5.27. The van der Waals surface area contributed by atoms with Gasteiger partial charge in [0.25, 0.3) is 5.56 Å². The third kappa shape index (κ3) is 4.85. The van der Waals surface area contributed by atoms with Crippen molar-refractivity contribution in [2.24, 2.45) is 0 Å². The zero-order valence-electron chi connectivity index (χ0n) is 18.1. The number of fused-ring (bicyclic) bond motifs is 1. The van der Waals surface area contributed by atoms with Crippen molar-refractivity contribution in [2.75, 3.05) is 13.7 Å². The van der Waals surface area contributed by atoms with Gasteiger partial charge in [-0.25, -0.2) is 9.67 Å². The van der Waals surface area contributed by atoms with Crippen LogP contribution in [0.5, 0.6) is 5.75 Å². The summed E-state index contributed by atoms with van der Waals surface area (Å²) < 4.78 is 8.34. The van der Waals surface area contributed by atoms with Crippen LogP contribution in [0.1, 0.15) is 16.7 Å². The molecule has 0 unspecified atom stereocenters. The van der Waals surface area contributed by atoms with Crippen molar-refractivity contribution in [3.8, 4) is 5.75 Å². The molecule has 0 fully saturated rings. The first kappa shape index (κ1) is 21.3. The monoisotopic (exact) mass is 431 g/mol. The number of nitrogens with one attached hydrogen (secondary N) is 1. The molecule has 0 aliphatic carbocycles. The molecule has 164 valence electrons. The molecule has 0 atom stereocenters. The van der Waals surface area contributed by atoms with E-state index in [-0.39, 0.29) is 17.9 Å². The molecule has 2 aromatic carbocycles. The summed E-state index contributed by atoms with van der Waals surface area (Å²) in [6.07, 6.45) is 3.37. The van der Waals surface area contributed by atoms with Crippen LogP contribution >= 0.6 is 0 Å². The van der Waals surface area contributed by atoms with E-state index < -0.39 is 0 Å². The smallest absolute Gasteiger partial charge is 0.264 e. The molecule has 1 N–H and O–H groups in total. The molecule has 0 radical (unpaired) electrons. The van der Waals surface area contributed by atoms with Crippen molar-refractivity contribution in [3.63, 3.8) is 0 Å². The highest BCUT2D eigenvalue weighted by atomic mass is 16.5. The van der Waals surface area contributed by atoms with Gasteiger partial charge in [0.1, 0.15) is 17.5 Å². The van der Waals surface area contributed by atoms with Gasteiger partial charge in [-0.05, 0) is 30.2 Å². The maximum Gasteiger partial charge on any atom is 0.264 e. The fourth-order valence-electron chi connectivity index (χ4n) is 3.46. The molecule has 4 rings (SSSR count). The van der Waals surface area contributed by atoms with Gasteiger partial charge in [0.15, 0.2) is 5.65 Å². The molecule has 0 saturated heterocycles. The summed E-state index contributed by atoms with van der Waals surface area (Å²) in [5.41, 5.74) is 3.49. The minimum Gasteiger partial charge on any atom is -0.497 e. The van der Waals surface area contributed by atoms with Gasteiger partial charge in [-0.15, -0.1) is 0 Å². The van der Waals surface area contributed by atoms with Gasteiger partial charge < -0.3 is 10.1 Å². The zero-order chi connectivity index (χ0) is 22.5. The Balaban J connectivity index is 1.37. The van der Waals surface area contributed by atoms with Gasteiger partial charge in [-0.1, -0.05) is 42.0 Å². The number of carbonyl (C=O) groups is 1. The van der Waals surface area contributed by atoms with Crippen molar-refractivity contribution in [1.82, 2.24) is 24.6 Å². The lowest BCUT2D eigenvalue weighted by Crippen LogP contribution is -2.29. The van der Waals surface area contributed by atoms with Crippen molar-refractivity contribution < 1.29 is 9.53 Å². The van der Waals surface area contributed by atoms with Crippen LogP contribution in [0.3, 0.4) is 0 Å². The van der Waals surface area contributed by atoms with E-state index in [1.807, 2.05) is 55.5 Å². The van der Waals surface area contributed by atoms with E-state index in [1.54, 1.807) is 22.7 Å². The summed E-state index contributed by atoms with van der Waals surface area (Å²) in [6.45, 7) is 3.29. The Morgan fingerprint density at radius 2 is 1.78 bits per heavy atom. The van der Waals surface area contributed by atoms with Crippen LogP contribution in [0.25, 0.3) is 11.0 Å². The highest BCUT2D eigenvalue weighted by Crippen LogP contribution is 2.12. The Labute approximate surface area is 185 Å². The molecule has 2 heterocycles. The van der Waals surface area contributed by atoms with Gasteiger partial charge in [-0.2, -0.15) is 5.10 Å². The van der Waals surface area contributed by atoms with Crippen LogP contribution in [0.2, 0.25) is 0 Å². The largest absolute Gasteiger partial charge is 0.497 e. The third-order valence-corrected chi connectivity index (χ3v) is 5.27. The quantitative estimate of drug-likeness (QED) is 0.462.